The predicted octanol–water partition coefficient (Wildman–Crippen LogP) is 5.40. The molecule has 1 unspecified atom stereocenters. The molecule has 1 N–H and O–H groups in total. The predicted molar refractivity (Wildman–Crippen MR) is 79.3 cm³/mol. The second-order valence-electron chi connectivity index (χ2n) is 4.59. The van der Waals surface area contributed by atoms with E-state index in [4.69, 9.17) is 11.6 Å². The minimum atomic E-state index is -4.47. The van der Waals surface area contributed by atoms with Crippen molar-refractivity contribution in [3.8, 4) is 0 Å². The standard InChI is InChI=1S/C15H11BrClF3O/c16-13-5-4-10(8-12(13)15(18,19)20)14(21)7-9-2-1-3-11(17)6-9/h1-6,8,14,21H,7H2. The molecule has 2 rings (SSSR count). The summed E-state index contributed by atoms with van der Waals surface area (Å²) in [6.45, 7) is 0. The van der Waals surface area contributed by atoms with Crippen LogP contribution in [-0.4, -0.2) is 5.11 Å². The van der Waals surface area contributed by atoms with E-state index in [2.05, 4.69) is 15.9 Å². The van der Waals surface area contributed by atoms with E-state index >= 15 is 0 Å². The quantitative estimate of drug-likeness (QED) is 0.757. The fourth-order valence-corrected chi connectivity index (χ4v) is 2.66. The van der Waals surface area contributed by atoms with Gasteiger partial charge < -0.3 is 5.11 Å². The molecule has 0 aliphatic rings. The van der Waals surface area contributed by atoms with Gasteiger partial charge in [0.1, 0.15) is 0 Å². The zero-order chi connectivity index (χ0) is 15.6. The molecule has 0 saturated carbocycles. The molecule has 0 radical (unpaired) electrons. The summed E-state index contributed by atoms with van der Waals surface area (Å²) in [5.74, 6) is 0. The number of halogens is 5. The normalized spacial score (nSPS) is 13.2. The molecule has 1 nitrogen and oxygen atoms in total. The third-order valence-electron chi connectivity index (χ3n) is 3.00. The summed E-state index contributed by atoms with van der Waals surface area (Å²) < 4.78 is 38.5. The van der Waals surface area contributed by atoms with Gasteiger partial charge in [-0.15, -0.1) is 0 Å². The lowest BCUT2D eigenvalue weighted by Crippen LogP contribution is -2.09. The molecule has 0 aliphatic heterocycles. The van der Waals surface area contributed by atoms with E-state index in [9.17, 15) is 18.3 Å². The lowest BCUT2D eigenvalue weighted by molar-refractivity contribution is -0.138. The topological polar surface area (TPSA) is 20.2 Å². The van der Waals surface area contributed by atoms with Crippen LogP contribution >= 0.6 is 27.5 Å². The summed E-state index contributed by atoms with van der Waals surface area (Å²) >= 11 is 8.72. The molecular weight excluding hydrogens is 369 g/mol. The molecule has 0 heterocycles. The van der Waals surface area contributed by atoms with Gasteiger partial charge in [-0.05, 0) is 35.4 Å². The van der Waals surface area contributed by atoms with Crippen molar-refractivity contribution in [1.82, 2.24) is 0 Å². The van der Waals surface area contributed by atoms with Crippen LogP contribution in [0, 0.1) is 0 Å². The maximum Gasteiger partial charge on any atom is 0.417 e. The Morgan fingerprint density at radius 1 is 1.14 bits per heavy atom. The van der Waals surface area contributed by atoms with Gasteiger partial charge in [0.15, 0.2) is 0 Å². The molecule has 0 aliphatic carbocycles. The fourth-order valence-electron chi connectivity index (χ4n) is 1.97. The first kappa shape index (κ1) is 16.3. The molecule has 2 aromatic carbocycles. The summed E-state index contributed by atoms with van der Waals surface area (Å²) in [7, 11) is 0. The van der Waals surface area contributed by atoms with Crippen LogP contribution in [-0.2, 0) is 12.6 Å². The molecule has 0 aromatic heterocycles. The maximum atomic E-state index is 12.8. The Morgan fingerprint density at radius 2 is 1.86 bits per heavy atom. The van der Waals surface area contributed by atoms with Gasteiger partial charge in [-0.3, -0.25) is 0 Å². The molecule has 1 atom stereocenters. The van der Waals surface area contributed by atoms with Crippen molar-refractivity contribution in [3.63, 3.8) is 0 Å². The Kier molecular flexibility index (Phi) is 4.96. The number of hydrogen-bond donors (Lipinski definition) is 1. The van der Waals surface area contributed by atoms with Gasteiger partial charge in [-0.2, -0.15) is 13.2 Å². The van der Waals surface area contributed by atoms with Crippen LogP contribution < -0.4 is 0 Å². The van der Waals surface area contributed by atoms with Crippen molar-refractivity contribution in [2.24, 2.45) is 0 Å². The summed E-state index contributed by atoms with van der Waals surface area (Å²) in [5, 5.41) is 10.6. The van der Waals surface area contributed by atoms with E-state index in [-0.39, 0.29) is 16.5 Å². The first-order valence-corrected chi connectivity index (χ1v) is 7.23. The molecule has 0 amide bonds. The van der Waals surface area contributed by atoms with Gasteiger partial charge in [-0.25, -0.2) is 0 Å². The average Bonchev–Trinajstić information content (AvgIpc) is 2.37. The maximum absolute atomic E-state index is 12.8. The highest BCUT2D eigenvalue weighted by atomic mass is 79.9. The molecule has 0 fully saturated rings. The van der Waals surface area contributed by atoms with Crippen LogP contribution in [0.15, 0.2) is 46.9 Å². The molecule has 0 spiro atoms. The number of benzene rings is 2. The van der Waals surface area contributed by atoms with Gasteiger partial charge in [0, 0.05) is 15.9 Å². The lowest BCUT2D eigenvalue weighted by Gasteiger charge is -2.15. The van der Waals surface area contributed by atoms with E-state index in [0.717, 1.165) is 11.6 Å². The number of alkyl halides is 3. The zero-order valence-electron chi connectivity index (χ0n) is 10.7. The minimum Gasteiger partial charge on any atom is -0.388 e. The van der Waals surface area contributed by atoms with Crippen molar-refractivity contribution >= 4 is 27.5 Å². The molecular formula is C15H11BrClF3O. The van der Waals surface area contributed by atoms with E-state index < -0.39 is 17.8 Å². The second-order valence-corrected chi connectivity index (χ2v) is 5.88. The largest absolute Gasteiger partial charge is 0.417 e. The number of hydrogen-bond acceptors (Lipinski definition) is 1. The highest BCUT2D eigenvalue weighted by molar-refractivity contribution is 9.10. The van der Waals surface area contributed by atoms with Gasteiger partial charge in [0.05, 0.1) is 11.7 Å². The average molecular weight is 380 g/mol. The lowest BCUT2D eigenvalue weighted by atomic mass is 9.99. The molecule has 6 heteroatoms. The van der Waals surface area contributed by atoms with Crippen LogP contribution in [0.3, 0.4) is 0 Å². The summed E-state index contributed by atoms with van der Waals surface area (Å²) in [6, 6.07) is 10.6. The molecule has 2 aromatic rings. The van der Waals surface area contributed by atoms with Crippen molar-refractivity contribution in [2.75, 3.05) is 0 Å². The van der Waals surface area contributed by atoms with Crippen LogP contribution in [0.4, 0.5) is 13.2 Å². The number of aliphatic hydroxyl groups excluding tert-OH is 1. The van der Waals surface area contributed by atoms with E-state index in [1.807, 2.05) is 0 Å². The van der Waals surface area contributed by atoms with Crippen molar-refractivity contribution in [3.05, 3.63) is 68.7 Å². The van der Waals surface area contributed by atoms with E-state index in [1.54, 1.807) is 24.3 Å². The third kappa shape index (κ3) is 4.22. The molecule has 0 saturated heterocycles. The smallest absolute Gasteiger partial charge is 0.388 e. The zero-order valence-corrected chi connectivity index (χ0v) is 13.0. The van der Waals surface area contributed by atoms with Crippen molar-refractivity contribution in [1.29, 1.82) is 0 Å². The summed E-state index contributed by atoms with van der Waals surface area (Å²) in [5.41, 5.74) is 0.169. The molecule has 21 heavy (non-hydrogen) atoms. The Morgan fingerprint density at radius 3 is 2.48 bits per heavy atom. The Bertz CT molecular complexity index is 643. The highest BCUT2D eigenvalue weighted by Crippen LogP contribution is 2.36. The Balaban J connectivity index is 2.25. The van der Waals surface area contributed by atoms with Crippen LogP contribution in [0.2, 0.25) is 5.02 Å². The van der Waals surface area contributed by atoms with Gasteiger partial charge >= 0.3 is 6.18 Å². The summed E-state index contributed by atoms with van der Waals surface area (Å²) in [6.07, 6.45) is -5.30. The van der Waals surface area contributed by atoms with E-state index in [0.29, 0.717) is 5.02 Å². The van der Waals surface area contributed by atoms with Crippen LogP contribution in [0.25, 0.3) is 0 Å². The van der Waals surface area contributed by atoms with Crippen molar-refractivity contribution in [2.45, 2.75) is 18.7 Å². The van der Waals surface area contributed by atoms with Gasteiger partial charge in [-0.1, -0.05) is 45.7 Å². The van der Waals surface area contributed by atoms with Crippen LogP contribution in [0.5, 0.6) is 0 Å². The Labute approximate surface area is 133 Å². The number of aliphatic hydroxyl groups is 1. The van der Waals surface area contributed by atoms with E-state index in [1.165, 1.54) is 12.1 Å². The first-order valence-electron chi connectivity index (χ1n) is 6.06. The highest BCUT2D eigenvalue weighted by Gasteiger charge is 2.33. The molecule has 0 bridgehead atoms. The van der Waals surface area contributed by atoms with Gasteiger partial charge in [0.25, 0.3) is 0 Å². The van der Waals surface area contributed by atoms with Crippen LogP contribution in [0.1, 0.15) is 22.8 Å². The fraction of sp³-hybridized carbons (Fsp3) is 0.200. The first-order chi connectivity index (χ1) is 9.77. The van der Waals surface area contributed by atoms with Gasteiger partial charge in [0.2, 0.25) is 0 Å². The Hall–Kier alpha value is -1.04. The monoisotopic (exact) mass is 378 g/mol. The second kappa shape index (κ2) is 6.38. The van der Waals surface area contributed by atoms with Crippen molar-refractivity contribution < 1.29 is 18.3 Å². The third-order valence-corrected chi connectivity index (χ3v) is 3.93. The number of rotatable bonds is 3. The summed E-state index contributed by atoms with van der Waals surface area (Å²) in [4.78, 5) is 0. The minimum absolute atomic E-state index is 0.0475. The SMILES string of the molecule is OC(Cc1cccc(Cl)c1)c1ccc(Br)c(C(F)(F)F)c1. The molecule has 112 valence electrons.